The number of halogens is 1. The highest BCUT2D eigenvalue weighted by Crippen LogP contribution is 2.31. The van der Waals surface area contributed by atoms with Crippen molar-refractivity contribution in [3.8, 4) is 11.1 Å². The molecule has 0 unspecified atom stereocenters. The van der Waals surface area contributed by atoms with Gasteiger partial charge in [-0.05, 0) is 23.1 Å². The van der Waals surface area contributed by atoms with E-state index in [9.17, 15) is 0 Å². The predicted molar refractivity (Wildman–Crippen MR) is 72.2 cm³/mol. The summed E-state index contributed by atoms with van der Waals surface area (Å²) in [7, 11) is 0. The lowest BCUT2D eigenvalue weighted by atomic mass is 10.00. The summed E-state index contributed by atoms with van der Waals surface area (Å²) in [6.45, 7) is 0. The molecule has 0 spiro atoms. The van der Waals surface area contributed by atoms with Gasteiger partial charge in [0.1, 0.15) is 0 Å². The van der Waals surface area contributed by atoms with E-state index in [1.165, 1.54) is 0 Å². The molecule has 0 saturated carbocycles. The van der Waals surface area contributed by atoms with Crippen molar-refractivity contribution in [1.82, 2.24) is 4.98 Å². The number of hydrogen-bond acceptors (Lipinski definition) is 1. The minimum absolute atomic E-state index is 0.785. The average molecular weight is 240 g/mol. The van der Waals surface area contributed by atoms with E-state index in [0.29, 0.717) is 0 Å². The molecule has 0 bridgehead atoms. The van der Waals surface area contributed by atoms with Gasteiger partial charge in [0.15, 0.2) is 0 Å². The maximum Gasteiger partial charge on any atom is 0.0484 e. The van der Waals surface area contributed by atoms with Gasteiger partial charge in [-0.2, -0.15) is 0 Å². The zero-order chi connectivity index (χ0) is 11.7. The van der Waals surface area contributed by atoms with Gasteiger partial charge < -0.3 is 0 Å². The Bertz CT molecular complexity index is 662. The lowest BCUT2D eigenvalue weighted by Gasteiger charge is -2.07. The summed E-state index contributed by atoms with van der Waals surface area (Å²) in [5, 5.41) is 3.02. The number of benzene rings is 2. The fourth-order valence-corrected chi connectivity index (χ4v) is 2.28. The molecular formula is C15H10ClN. The van der Waals surface area contributed by atoms with Crippen LogP contribution in [-0.4, -0.2) is 4.98 Å². The molecular weight excluding hydrogens is 230 g/mol. The Balaban J connectivity index is 2.35. The summed E-state index contributed by atoms with van der Waals surface area (Å²) in [5.74, 6) is 0. The van der Waals surface area contributed by atoms with E-state index >= 15 is 0 Å². The van der Waals surface area contributed by atoms with Crippen molar-refractivity contribution >= 4 is 22.4 Å². The fraction of sp³-hybridized carbons (Fsp3) is 0. The first kappa shape index (κ1) is 10.3. The summed E-state index contributed by atoms with van der Waals surface area (Å²) in [6.07, 6.45) is 3.65. The van der Waals surface area contributed by atoms with Gasteiger partial charge in [0, 0.05) is 28.4 Å². The molecule has 17 heavy (non-hydrogen) atoms. The molecule has 0 aliphatic carbocycles. The molecule has 1 nitrogen and oxygen atoms in total. The third-order valence-corrected chi connectivity index (χ3v) is 3.17. The Morgan fingerprint density at radius 3 is 2.47 bits per heavy atom. The van der Waals surface area contributed by atoms with Crippen molar-refractivity contribution < 1.29 is 0 Å². The minimum Gasteiger partial charge on any atom is -0.264 e. The van der Waals surface area contributed by atoms with Crippen LogP contribution in [0.5, 0.6) is 0 Å². The van der Waals surface area contributed by atoms with Crippen LogP contribution >= 0.6 is 11.6 Å². The van der Waals surface area contributed by atoms with Crippen molar-refractivity contribution in [2.24, 2.45) is 0 Å². The molecule has 1 aromatic heterocycles. The Labute approximate surface area is 105 Å². The summed E-state index contributed by atoms with van der Waals surface area (Å²) < 4.78 is 0. The van der Waals surface area contributed by atoms with Crippen LogP contribution in [0.25, 0.3) is 21.9 Å². The second-order valence-electron chi connectivity index (χ2n) is 3.88. The lowest BCUT2D eigenvalue weighted by molar-refractivity contribution is 1.33. The molecule has 2 aromatic carbocycles. The topological polar surface area (TPSA) is 12.9 Å². The van der Waals surface area contributed by atoms with Gasteiger partial charge in [0.05, 0.1) is 0 Å². The molecule has 0 saturated heterocycles. The molecule has 0 N–H and O–H groups in total. The molecule has 0 aliphatic heterocycles. The first-order valence-electron chi connectivity index (χ1n) is 5.44. The fourth-order valence-electron chi connectivity index (χ4n) is 2.05. The Kier molecular flexibility index (Phi) is 2.54. The van der Waals surface area contributed by atoms with Crippen molar-refractivity contribution in [2.75, 3.05) is 0 Å². The number of rotatable bonds is 1. The van der Waals surface area contributed by atoms with E-state index in [-0.39, 0.29) is 0 Å². The van der Waals surface area contributed by atoms with Crippen LogP contribution in [0.15, 0.2) is 60.9 Å². The molecule has 2 heteroatoms. The molecule has 82 valence electrons. The standard InChI is InChI=1S/C15H10ClN/c16-15-8-2-6-13-12(5-1-7-14(13)15)11-4-3-9-17-10-11/h1-10H. The monoisotopic (exact) mass is 239 g/mol. The molecule has 3 aromatic rings. The van der Waals surface area contributed by atoms with E-state index in [2.05, 4.69) is 23.2 Å². The van der Waals surface area contributed by atoms with Crippen molar-refractivity contribution in [2.45, 2.75) is 0 Å². The van der Waals surface area contributed by atoms with Gasteiger partial charge in [-0.15, -0.1) is 0 Å². The second-order valence-corrected chi connectivity index (χ2v) is 4.29. The van der Waals surface area contributed by atoms with Gasteiger partial charge in [-0.25, -0.2) is 0 Å². The number of pyridine rings is 1. The van der Waals surface area contributed by atoms with E-state index in [4.69, 9.17) is 11.6 Å². The summed E-state index contributed by atoms with van der Waals surface area (Å²) in [5.41, 5.74) is 2.28. The number of fused-ring (bicyclic) bond motifs is 1. The normalized spacial score (nSPS) is 10.6. The van der Waals surface area contributed by atoms with Crippen LogP contribution in [0.2, 0.25) is 5.02 Å². The molecule has 0 radical (unpaired) electrons. The predicted octanol–water partition coefficient (Wildman–Crippen LogP) is 4.56. The zero-order valence-corrected chi connectivity index (χ0v) is 9.85. The third-order valence-electron chi connectivity index (χ3n) is 2.84. The van der Waals surface area contributed by atoms with Crippen molar-refractivity contribution in [3.63, 3.8) is 0 Å². The molecule has 1 heterocycles. The Hall–Kier alpha value is -1.86. The minimum atomic E-state index is 0.785. The summed E-state index contributed by atoms with van der Waals surface area (Å²) in [6, 6.07) is 16.1. The smallest absolute Gasteiger partial charge is 0.0484 e. The number of nitrogens with zero attached hydrogens (tertiary/aromatic N) is 1. The first-order valence-corrected chi connectivity index (χ1v) is 5.82. The summed E-state index contributed by atoms with van der Waals surface area (Å²) in [4.78, 5) is 4.16. The van der Waals surface area contributed by atoms with E-state index < -0.39 is 0 Å². The van der Waals surface area contributed by atoms with Crippen molar-refractivity contribution in [1.29, 1.82) is 0 Å². The van der Waals surface area contributed by atoms with Crippen LogP contribution in [0.4, 0.5) is 0 Å². The van der Waals surface area contributed by atoms with Crippen LogP contribution in [0.1, 0.15) is 0 Å². The van der Waals surface area contributed by atoms with Gasteiger partial charge in [-0.3, -0.25) is 4.98 Å². The number of hydrogen-bond donors (Lipinski definition) is 0. The van der Waals surface area contributed by atoms with Crippen LogP contribution < -0.4 is 0 Å². The van der Waals surface area contributed by atoms with Gasteiger partial charge in [-0.1, -0.05) is 48.0 Å². The molecule has 0 amide bonds. The number of aromatic nitrogens is 1. The van der Waals surface area contributed by atoms with E-state index in [1.807, 2.05) is 36.5 Å². The molecule has 3 rings (SSSR count). The highest BCUT2D eigenvalue weighted by molar-refractivity contribution is 6.35. The third kappa shape index (κ3) is 1.79. The SMILES string of the molecule is Clc1cccc2c(-c3cccnc3)cccc12. The van der Waals surface area contributed by atoms with Crippen LogP contribution in [0, 0.1) is 0 Å². The van der Waals surface area contributed by atoms with E-state index in [0.717, 1.165) is 26.9 Å². The van der Waals surface area contributed by atoms with Crippen LogP contribution in [0.3, 0.4) is 0 Å². The molecule has 0 aliphatic rings. The van der Waals surface area contributed by atoms with E-state index in [1.54, 1.807) is 6.20 Å². The largest absolute Gasteiger partial charge is 0.264 e. The zero-order valence-electron chi connectivity index (χ0n) is 9.10. The van der Waals surface area contributed by atoms with Gasteiger partial charge >= 0.3 is 0 Å². The molecule has 0 atom stereocenters. The maximum atomic E-state index is 6.20. The maximum absolute atomic E-state index is 6.20. The van der Waals surface area contributed by atoms with Crippen molar-refractivity contribution in [3.05, 3.63) is 65.9 Å². The highest BCUT2D eigenvalue weighted by atomic mass is 35.5. The quantitative estimate of drug-likeness (QED) is 0.607. The van der Waals surface area contributed by atoms with Crippen LogP contribution in [-0.2, 0) is 0 Å². The second kappa shape index (κ2) is 4.19. The average Bonchev–Trinajstić information content (AvgIpc) is 2.40. The summed E-state index contributed by atoms with van der Waals surface area (Å²) >= 11 is 6.20. The first-order chi connectivity index (χ1) is 8.36. The lowest BCUT2D eigenvalue weighted by Crippen LogP contribution is -1.82. The highest BCUT2D eigenvalue weighted by Gasteiger charge is 2.05. The van der Waals surface area contributed by atoms with Gasteiger partial charge in [0.2, 0.25) is 0 Å². The van der Waals surface area contributed by atoms with Gasteiger partial charge in [0.25, 0.3) is 0 Å². The Morgan fingerprint density at radius 1 is 0.824 bits per heavy atom. The molecule has 0 fully saturated rings. The Morgan fingerprint density at radius 2 is 1.65 bits per heavy atom.